The molecule has 0 aliphatic carbocycles. The number of carbonyl (C=O) groups is 1. The van der Waals surface area contributed by atoms with Crippen molar-refractivity contribution in [1.82, 2.24) is 9.62 Å². The third-order valence-electron chi connectivity index (χ3n) is 6.82. The first-order valence-corrected chi connectivity index (χ1v) is 14.7. The molecule has 4 unspecified atom stereocenters. The van der Waals surface area contributed by atoms with Gasteiger partial charge in [0.1, 0.15) is 15.7 Å². The number of carbonyl (C=O) groups excluding carboxylic acids is 1. The van der Waals surface area contributed by atoms with E-state index in [0.717, 1.165) is 33.3 Å². The number of para-hydroxylation sites is 2. The fourth-order valence-electron chi connectivity index (χ4n) is 4.97. The molecule has 0 spiro atoms. The SMILES string of the molecule is CN=S(=O)(NC1CN(C(C)=O)CC(N2c3ccccc3Sc3ccccc32)C1O)c1ccc(OC(F)(F)F)cc1. The summed E-state index contributed by atoms with van der Waals surface area (Å²) in [5.74, 6) is -0.680. The number of rotatable bonds is 5. The van der Waals surface area contributed by atoms with Crippen LogP contribution in [0.5, 0.6) is 5.75 Å². The van der Waals surface area contributed by atoms with Crippen LogP contribution in [0.1, 0.15) is 6.92 Å². The van der Waals surface area contributed by atoms with E-state index in [1.54, 1.807) is 16.7 Å². The van der Waals surface area contributed by atoms with E-state index in [1.807, 2.05) is 53.4 Å². The Hall–Kier alpha value is -3.26. The molecule has 0 saturated carbocycles. The van der Waals surface area contributed by atoms with Crippen molar-refractivity contribution in [2.75, 3.05) is 25.0 Å². The fraction of sp³-hybridized carbons (Fsp3) is 0.296. The second-order valence-corrected chi connectivity index (χ2v) is 12.5. The van der Waals surface area contributed by atoms with Gasteiger partial charge in [-0.05, 0) is 48.5 Å². The summed E-state index contributed by atoms with van der Waals surface area (Å²) in [6, 6.07) is 18.6. The van der Waals surface area contributed by atoms with Gasteiger partial charge in [-0.3, -0.25) is 4.79 Å². The molecule has 8 nitrogen and oxygen atoms in total. The predicted molar refractivity (Wildman–Crippen MR) is 146 cm³/mol. The average Bonchev–Trinajstić information content (AvgIpc) is 2.92. The van der Waals surface area contributed by atoms with Crippen molar-refractivity contribution in [1.29, 1.82) is 0 Å². The summed E-state index contributed by atoms with van der Waals surface area (Å²) in [6.07, 6.45) is -5.96. The quantitative estimate of drug-likeness (QED) is 0.442. The number of hydrogen-bond acceptors (Lipinski definition) is 7. The number of aliphatic hydroxyl groups excluding tert-OH is 1. The maximum absolute atomic E-state index is 14.0. The minimum atomic E-state index is -4.86. The van der Waals surface area contributed by atoms with Gasteiger partial charge in [-0.2, -0.15) is 0 Å². The smallest absolute Gasteiger partial charge is 0.406 e. The molecule has 0 bridgehead atoms. The zero-order valence-electron chi connectivity index (χ0n) is 21.5. The van der Waals surface area contributed by atoms with Crippen LogP contribution in [0.25, 0.3) is 0 Å². The second-order valence-electron chi connectivity index (χ2n) is 9.34. The van der Waals surface area contributed by atoms with Crippen molar-refractivity contribution in [3.8, 4) is 5.75 Å². The highest BCUT2D eigenvalue weighted by Crippen LogP contribution is 2.49. The fourth-order valence-corrected chi connectivity index (χ4v) is 7.62. The van der Waals surface area contributed by atoms with Crippen LogP contribution in [0, 0.1) is 0 Å². The molecular formula is C27H27F3N4O4S2. The molecule has 4 atom stereocenters. The molecule has 2 aliphatic rings. The van der Waals surface area contributed by atoms with Gasteiger partial charge in [-0.25, -0.2) is 13.3 Å². The number of aliphatic hydroxyl groups is 1. The molecule has 2 heterocycles. The molecule has 1 saturated heterocycles. The first-order chi connectivity index (χ1) is 19.0. The second kappa shape index (κ2) is 11.0. The molecule has 212 valence electrons. The summed E-state index contributed by atoms with van der Waals surface area (Å²) in [7, 11) is -2.09. The van der Waals surface area contributed by atoms with E-state index in [-0.39, 0.29) is 23.9 Å². The third-order valence-corrected chi connectivity index (χ3v) is 10.0. The van der Waals surface area contributed by atoms with E-state index in [2.05, 4.69) is 13.8 Å². The maximum Gasteiger partial charge on any atom is 0.573 e. The summed E-state index contributed by atoms with van der Waals surface area (Å²) >= 11 is 1.61. The average molecular weight is 593 g/mol. The molecule has 5 rings (SSSR count). The van der Waals surface area contributed by atoms with Gasteiger partial charge in [-0.15, -0.1) is 13.2 Å². The Morgan fingerprint density at radius 1 is 1.02 bits per heavy atom. The number of alkyl halides is 3. The van der Waals surface area contributed by atoms with E-state index >= 15 is 0 Å². The number of piperidine rings is 1. The zero-order chi connectivity index (χ0) is 28.7. The lowest BCUT2D eigenvalue weighted by Gasteiger charge is -2.48. The number of nitrogens with one attached hydrogen (secondary N) is 1. The van der Waals surface area contributed by atoms with E-state index in [4.69, 9.17) is 0 Å². The van der Waals surface area contributed by atoms with Crippen LogP contribution in [0.4, 0.5) is 24.5 Å². The normalized spacial score (nSPS) is 22.1. The molecule has 0 aromatic heterocycles. The Balaban J connectivity index is 1.50. The summed E-state index contributed by atoms with van der Waals surface area (Å²) in [4.78, 5) is 18.3. The van der Waals surface area contributed by atoms with Crippen LogP contribution < -0.4 is 14.4 Å². The monoisotopic (exact) mass is 592 g/mol. The highest BCUT2D eigenvalue weighted by molar-refractivity contribution is 7.99. The van der Waals surface area contributed by atoms with Gasteiger partial charge in [0.05, 0.1) is 34.5 Å². The number of anilines is 2. The Morgan fingerprint density at radius 3 is 2.12 bits per heavy atom. The number of halogens is 3. The highest BCUT2D eigenvalue weighted by atomic mass is 32.2. The van der Waals surface area contributed by atoms with Crippen molar-refractivity contribution in [2.45, 2.75) is 46.2 Å². The van der Waals surface area contributed by atoms with Crippen LogP contribution in [0.2, 0.25) is 0 Å². The summed E-state index contributed by atoms with van der Waals surface area (Å²) in [5, 5.41) is 11.7. The summed E-state index contributed by atoms with van der Waals surface area (Å²) in [5.41, 5.74) is 1.75. The standard InChI is InChI=1S/C27H27F3N4O4S2/c1-17(35)33-15-20(32-40(37,31-2)19-13-11-18(12-14-19)38-27(28,29)30)26(36)23(16-33)34-21-7-3-5-9-24(21)39-25-10-6-4-8-22(25)34/h3-14,20,23,26,36H,15-16H2,1-2H3,(H,31,32,37). The van der Waals surface area contributed by atoms with Crippen LogP contribution >= 0.6 is 11.8 Å². The third kappa shape index (κ3) is 5.64. The number of benzene rings is 3. The minimum absolute atomic E-state index is 0.0562. The Labute approximate surface area is 234 Å². The Bertz CT molecular complexity index is 1480. The van der Waals surface area contributed by atoms with Crippen LogP contribution in [0.15, 0.2) is 91.8 Å². The molecule has 3 aromatic carbocycles. The zero-order valence-corrected chi connectivity index (χ0v) is 23.2. The van der Waals surface area contributed by atoms with Crippen LogP contribution in [-0.4, -0.2) is 64.8 Å². The lowest BCUT2D eigenvalue weighted by molar-refractivity contribution is -0.274. The van der Waals surface area contributed by atoms with E-state index in [0.29, 0.717) is 0 Å². The molecule has 1 amide bonds. The van der Waals surface area contributed by atoms with Gasteiger partial charge in [0.25, 0.3) is 0 Å². The highest BCUT2D eigenvalue weighted by Gasteiger charge is 2.43. The molecule has 3 aromatic rings. The van der Waals surface area contributed by atoms with E-state index in [1.165, 1.54) is 26.1 Å². The lowest BCUT2D eigenvalue weighted by Crippen LogP contribution is -2.65. The lowest BCUT2D eigenvalue weighted by atomic mass is 9.95. The van der Waals surface area contributed by atoms with Crippen molar-refractivity contribution in [3.05, 3.63) is 72.8 Å². The molecule has 1 fully saturated rings. The molecule has 2 N–H and O–H groups in total. The topological polar surface area (TPSA) is 94.5 Å². The molecule has 40 heavy (non-hydrogen) atoms. The number of fused-ring (bicyclic) bond motifs is 2. The van der Waals surface area contributed by atoms with E-state index < -0.39 is 40.2 Å². The van der Waals surface area contributed by atoms with Gasteiger partial charge >= 0.3 is 6.36 Å². The first kappa shape index (κ1) is 28.3. The van der Waals surface area contributed by atoms with Crippen molar-refractivity contribution in [2.24, 2.45) is 4.36 Å². The maximum atomic E-state index is 14.0. The van der Waals surface area contributed by atoms with Gasteiger partial charge in [0.15, 0.2) is 0 Å². The van der Waals surface area contributed by atoms with E-state index in [9.17, 15) is 27.3 Å². The number of hydrogen-bond donors (Lipinski definition) is 2. The Kier molecular flexibility index (Phi) is 7.75. The largest absolute Gasteiger partial charge is 0.573 e. The predicted octanol–water partition coefficient (Wildman–Crippen LogP) is 4.81. The van der Waals surface area contributed by atoms with Crippen molar-refractivity contribution >= 4 is 39.0 Å². The molecule has 13 heteroatoms. The number of ether oxygens (including phenoxy) is 1. The number of amides is 1. The summed E-state index contributed by atoms with van der Waals surface area (Å²) < 4.78 is 62.6. The summed E-state index contributed by atoms with van der Waals surface area (Å²) in [6.45, 7) is 1.71. The number of likely N-dealkylation sites (tertiary alicyclic amines) is 1. The minimum Gasteiger partial charge on any atom is -0.406 e. The molecular weight excluding hydrogens is 565 g/mol. The first-order valence-electron chi connectivity index (χ1n) is 12.4. The Morgan fingerprint density at radius 2 is 1.60 bits per heavy atom. The van der Waals surface area contributed by atoms with Gasteiger partial charge in [0, 0.05) is 36.9 Å². The van der Waals surface area contributed by atoms with Crippen LogP contribution in [-0.2, 0) is 14.7 Å². The molecule has 2 aliphatic heterocycles. The van der Waals surface area contributed by atoms with Gasteiger partial charge in [-0.1, -0.05) is 36.0 Å². The van der Waals surface area contributed by atoms with Crippen molar-refractivity contribution < 1.29 is 32.0 Å². The molecule has 0 radical (unpaired) electrons. The number of nitrogens with zero attached hydrogens (tertiary/aromatic N) is 3. The van der Waals surface area contributed by atoms with Crippen molar-refractivity contribution in [3.63, 3.8) is 0 Å². The van der Waals surface area contributed by atoms with Gasteiger partial charge < -0.3 is 19.6 Å². The van der Waals surface area contributed by atoms with Crippen LogP contribution in [0.3, 0.4) is 0 Å². The van der Waals surface area contributed by atoms with Gasteiger partial charge in [0.2, 0.25) is 5.91 Å².